The maximum Gasteiger partial charge on any atom is 0.326 e. The number of carboxylic acid groups (broad SMARTS) is 1. The summed E-state index contributed by atoms with van der Waals surface area (Å²) >= 11 is 0. The highest BCUT2D eigenvalue weighted by Crippen LogP contribution is 2.37. The Labute approximate surface area is 373 Å². The zero-order valence-corrected chi connectivity index (χ0v) is 37.2. The third-order valence-corrected chi connectivity index (χ3v) is 12.5. The van der Waals surface area contributed by atoms with Gasteiger partial charge in [0.15, 0.2) is 0 Å². The van der Waals surface area contributed by atoms with Gasteiger partial charge in [-0.3, -0.25) is 28.8 Å². The molecular weight excluding hydrogens is 815 g/mol. The smallest absolute Gasteiger partial charge is 0.326 e. The number of hydrogen-bond donors (Lipinski definition) is 7. The number of carboxylic acids is 1. The highest BCUT2D eigenvalue weighted by molar-refractivity contribution is 5.97. The van der Waals surface area contributed by atoms with E-state index in [-0.39, 0.29) is 31.2 Å². The largest absolute Gasteiger partial charge is 0.480 e. The molecule has 0 bridgehead atoms. The number of aryl methyl sites for hydroxylation is 2. The molecule has 64 heavy (non-hydrogen) atoms. The average molecular weight is 876 g/mol. The molecule has 1 aromatic heterocycles. The van der Waals surface area contributed by atoms with Gasteiger partial charge in [-0.1, -0.05) is 101 Å². The summed E-state index contributed by atoms with van der Waals surface area (Å²) in [5.74, 6) is -5.41. The normalized spacial score (nSPS) is 17.2. The first-order chi connectivity index (χ1) is 30.7. The molecule has 1 fully saturated rings. The number of fused-ring (bicyclic) bond motifs is 3. The third kappa shape index (κ3) is 11.2. The summed E-state index contributed by atoms with van der Waals surface area (Å²) in [6.07, 6.45) is 4.86. The Bertz CT molecular complexity index is 2310. The van der Waals surface area contributed by atoms with E-state index in [1.54, 1.807) is 13.1 Å². The van der Waals surface area contributed by atoms with Crippen molar-refractivity contribution in [3.63, 3.8) is 0 Å². The number of benzene rings is 3. The van der Waals surface area contributed by atoms with Crippen LogP contribution in [-0.2, 0) is 52.8 Å². The van der Waals surface area contributed by atoms with Crippen LogP contribution in [-0.4, -0.2) is 99.7 Å². The number of hydrogen-bond acceptors (Lipinski definition) is 7. The van der Waals surface area contributed by atoms with E-state index in [4.69, 9.17) is 0 Å². The van der Waals surface area contributed by atoms with Gasteiger partial charge in [-0.15, -0.1) is 0 Å². The molecule has 1 aliphatic carbocycles. The molecule has 7 N–H and O–H groups in total. The monoisotopic (exact) mass is 875 g/mol. The molecule has 340 valence electrons. The number of para-hydroxylation sites is 1. The first kappa shape index (κ1) is 47.0. The summed E-state index contributed by atoms with van der Waals surface area (Å²) in [4.78, 5) is 99.3. The van der Waals surface area contributed by atoms with Crippen LogP contribution in [0.5, 0.6) is 0 Å². The SMILES string of the molecule is CC[C@H](C)[C@H](NC(=O)CNC(=O)[C@@H]1CCCN1C(=O)[C@H](CC(C)C)NC(=O)[C@H](NC(C)=O)C1c2ccccc2CCc2ccccc21)C(=O)N[C@@H](Cc1c[nH]c2ccccc12)C(=O)O. The zero-order valence-electron chi connectivity index (χ0n) is 37.2. The van der Waals surface area contributed by atoms with Gasteiger partial charge in [0, 0.05) is 42.9 Å². The number of likely N-dealkylation sites (tertiary alicyclic amines) is 1. The highest BCUT2D eigenvalue weighted by atomic mass is 16.4. The maximum atomic E-state index is 14.6. The Morgan fingerprint density at radius 3 is 2.05 bits per heavy atom. The van der Waals surface area contributed by atoms with E-state index in [2.05, 4.69) is 31.6 Å². The predicted octanol–water partition coefficient (Wildman–Crippen LogP) is 3.88. The van der Waals surface area contributed by atoms with E-state index in [0.29, 0.717) is 24.8 Å². The Kier molecular flexibility index (Phi) is 15.6. The molecule has 0 spiro atoms. The molecule has 2 aliphatic rings. The van der Waals surface area contributed by atoms with Crippen LogP contribution < -0.4 is 26.6 Å². The minimum Gasteiger partial charge on any atom is -0.480 e. The van der Waals surface area contributed by atoms with Gasteiger partial charge in [0.2, 0.25) is 35.4 Å². The minimum atomic E-state index is -1.27. The van der Waals surface area contributed by atoms with Gasteiger partial charge in [0.05, 0.1) is 6.54 Å². The summed E-state index contributed by atoms with van der Waals surface area (Å²) in [5.41, 5.74) is 5.55. The molecule has 6 atom stereocenters. The number of aromatic amines is 1. The molecule has 1 saturated heterocycles. The second kappa shape index (κ2) is 21.2. The second-order valence-corrected chi connectivity index (χ2v) is 17.5. The van der Waals surface area contributed by atoms with Gasteiger partial charge >= 0.3 is 5.97 Å². The van der Waals surface area contributed by atoms with Crippen molar-refractivity contribution in [2.75, 3.05) is 13.1 Å². The van der Waals surface area contributed by atoms with Crippen molar-refractivity contribution in [1.82, 2.24) is 36.5 Å². The van der Waals surface area contributed by atoms with Gasteiger partial charge < -0.3 is 41.6 Å². The lowest BCUT2D eigenvalue weighted by Gasteiger charge is -2.33. The standard InChI is InChI=1S/C49H61N7O8/c1-6-29(4)43(46(60)54-39(49(63)64)25-33-26-50-37-19-12-11-16-34(33)37)55-41(58)27-51-45(59)40-20-13-23-56(40)48(62)38(24-28(2)3)53-47(61)44(52-30(5)57)42-35-17-9-7-14-31(35)21-22-32-15-8-10-18-36(32)42/h7-12,14-19,26,28-29,38-40,42-44,50H,6,13,20-25,27H2,1-5H3,(H,51,59)(H,52,57)(H,53,61)(H,54,60)(H,55,58)(H,63,64)/t29-,38-,39-,40-,43-,44+/m0/s1. The van der Waals surface area contributed by atoms with Crippen LogP contribution in [0.15, 0.2) is 79.0 Å². The van der Waals surface area contributed by atoms with Crippen LogP contribution in [0.1, 0.15) is 94.0 Å². The minimum absolute atomic E-state index is 0.0140. The van der Waals surface area contributed by atoms with E-state index in [1.165, 1.54) is 11.8 Å². The van der Waals surface area contributed by atoms with Crippen molar-refractivity contribution in [2.24, 2.45) is 11.8 Å². The first-order valence-electron chi connectivity index (χ1n) is 22.4. The third-order valence-electron chi connectivity index (χ3n) is 12.5. The van der Waals surface area contributed by atoms with E-state index < -0.39 is 84.1 Å². The Balaban J connectivity index is 1.12. The number of aromatic nitrogens is 1. The Morgan fingerprint density at radius 2 is 1.42 bits per heavy atom. The van der Waals surface area contributed by atoms with Crippen molar-refractivity contribution in [2.45, 2.75) is 116 Å². The number of carbonyl (C=O) groups excluding carboxylic acids is 6. The fourth-order valence-corrected chi connectivity index (χ4v) is 9.10. The van der Waals surface area contributed by atoms with Gasteiger partial charge in [0.25, 0.3) is 0 Å². The molecule has 15 heteroatoms. The molecule has 6 rings (SSSR count). The second-order valence-electron chi connectivity index (χ2n) is 17.5. The van der Waals surface area contributed by atoms with Gasteiger partial charge in [0.1, 0.15) is 30.2 Å². The van der Waals surface area contributed by atoms with E-state index in [1.807, 2.05) is 93.6 Å². The molecule has 3 aromatic carbocycles. The fraction of sp³-hybridized carbons (Fsp3) is 0.449. The molecule has 0 saturated carbocycles. The topological polar surface area (TPSA) is 219 Å². The molecule has 4 aromatic rings. The van der Waals surface area contributed by atoms with Crippen molar-refractivity contribution in [3.05, 3.63) is 107 Å². The molecule has 1 aliphatic heterocycles. The number of carbonyl (C=O) groups is 7. The van der Waals surface area contributed by atoms with E-state index in [0.717, 1.165) is 46.0 Å². The van der Waals surface area contributed by atoms with Crippen molar-refractivity contribution >= 4 is 52.3 Å². The van der Waals surface area contributed by atoms with E-state index in [9.17, 15) is 38.7 Å². The summed E-state index contributed by atoms with van der Waals surface area (Å²) < 4.78 is 0. The highest BCUT2D eigenvalue weighted by Gasteiger charge is 2.41. The summed E-state index contributed by atoms with van der Waals surface area (Å²) in [6.45, 7) is 8.59. The lowest BCUT2D eigenvalue weighted by Crippen LogP contribution is -2.58. The first-order valence-corrected chi connectivity index (χ1v) is 22.4. The molecule has 15 nitrogen and oxygen atoms in total. The maximum absolute atomic E-state index is 14.6. The number of nitrogens with one attached hydrogen (secondary N) is 6. The van der Waals surface area contributed by atoms with Crippen LogP contribution in [0.4, 0.5) is 0 Å². The quantitative estimate of drug-likeness (QED) is 0.0777. The van der Waals surface area contributed by atoms with E-state index >= 15 is 0 Å². The number of amides is 6. The average Bonchev–Trinajstić information content (AvgIpc) is 3.90. The van der Waals surface area contributed by atoms with Crippen LogP contribution >= 0.6 is 0 Å². The summed E-state index contributed by atoms with van der Waals surface area (Å²) in [5, 5.41) is 24.7. The number of H-pyrrole nitrogens is 1. The zero-order chi connectivity index (χ0) is 46.1. The summed E-state index contributed by atoms with van der Waals surface area (Å²) in [6, 6.07) is 17.9. The molecular formula is C49H61N7O8. The summed E-state index contributed by atoms with van der Waals surface area (Å²) in [7, 11) is 0. The van der Waals surface area contributed by atoms with Crippen LogP contribution in [0.25, 0.3) is 10.9 Å². The number of nitrogens with zero attached hydrogens (tertiary/aromatic N) is 1. The Hall–Kier alpha value is -6.51. The van der Waals surface area contributed by atoms with Crippen LogP contribution in [0.2, 0.25) is 0 Å². The van der Waals surface area contributed by atoms with Crippen molar-refractivity contribution in [3.8, 4) is 0 Å². The molecule has 0 unspecified atom stereocenters. The molecule has 2 heterocycles. The van der Waals surface area contributed by atoms with Gasteiger partial charge in [-0.05, 0) is 77.8 Å². The molecule has 0 radical (unpaired) electrons. The van der Waals surface area contributed by atoms with Gasteiger partial charge in [-0.2, -0.15) is 0 Å². The lowest BCUT2D eigenvalue weighted by atomic mass is 9.82. The van der Waals surface area contributed by atoms with Crippen molar-refractivity contribution < 1.29 is 38.7 Å². The molecule has 6 amide bonds. The number of rotatable bonds is 18. The van der Waals surface area contributed by atoms with Gasteiger partial charge in [-0.25, -0.2) is 4.79 Å². The fourth-order valence-electron chi connectivity index (χ4n) is 9.10. The van der Waals surface area contributed by atoms with Crippen molar-refractivity contribution in [1.29, 1.82) is 0 Å². The number of aliphatic carboxylic acids is 1. The lowest BCUT2D eigenvalue weighted by molar-refractivity contribution is -0.142. The Morgan fingerprint density at radius 1 is 0.797 bits per heavy atom. The van der Waals surface area contributed by atoms with Crippen LogP contribution in [0, 0.1) is 11.8 Å². The predicted molar refractivity (Wildman–Crippen MR) is 242 cm³/mol. The van der Waals surface area contributed by atoms with Crippen LogP contribution in [0.3, 0.4) is 0 Å².